The van der Waals surface area contributed by atoms with E-state index in [1.165, 1.54) is 10.9 Å². The molecule has 124 valence electrons. The third-order valence-corrected chi connectivity index (χ3v) is 3.52. The fraction of sp³-hybridized carbons (Fsp3) is 0.500. The second-order valence-electron chi connectivity index (χ2n) is 5.01. The van der Waals surface area contributed by atoms with Crippen LogP contribution < -0.4 is 5.73 Å². The van der Waals surface area contributed by atoms with E-state index in [0.29, 0.717) is 5.52 Å². The second kappa shape index (κ2) is 6.22. The number of rotatable bonds is 5. The average Bonchev–Trinajstić information content (AvgIpc) is 3.02. The summed E-state index contributed by atoms with van der Waals surface area (Å²) in [5, 5.41) is 8.44. The number of nitrogens with zero attached hydrogens (tertiary/aromatic N) is 4. The topological polar surface area (TPSA) is 125 Å². The highest BCUT2D eigenvalue weighted by atomic mass is 35.5. The molecule has 0 unspecified atom stereocenters. The van der Waals surface area contributed by atoms with Gasteiger partial charge in [0.05, 0.1) is 19.0 Å². The van der Waals surface area contributed by atoms with Crippen molar-refractivity contribution in [3.63, 3.8) is 0 Å². The van der Waals surface area contributed by atoms with Crippen LogP contribution in [0.1, 0.15) is 12.6 Å². The molecular formula is C12H13ClFN5O4. The number of hydrogen-bond acceptors (Lipinski definition) is 7. The summed E-state index contributed by atoms with van der Waals surface area (Å²) in [5.41, 5.74) is 6.27. The van der Waals surface area contributed by atoms with E-state index in [-0.39, 0.29) is 29.8 Å². The van der Waals surface area contributed by atoms with E-state index in [2.05, 4.69) is 15.0 Å². The van der Waals surface area contributed by atoms with Gasteiger partial charge in [0.15, 0.2) is 17.7 Å². The Morgan fingerprint density at radius 3 is 3.13 bits per heavy atom. The van der Waals surface area contributed by atoms with Gasteiger partial charge >= 0.3 is 5.97 Å². The first-order valence-electron chi connectivity index (χ1n) is 6.70. The standard InChI is InChI=1S/C12H13ClFN5O4/c13-12-17-9(15)8-10(18-12)19(4-16-8)11-6(14)1-5(23-11)2-22-3-7(20)21/h4-6,11H,1-3H2,(H,20,21)(H2,15,17,18)/t5-,6-,11+/m0/s1. The number of fused-ring (bicyclic) bond motifs is 1. The quantitative estimate of drug-likeness (QED) is 0.762. The molecular weight excluding hydrogens is 333 g/mol. The Bertz CT molecular complexity index is 742. The number of nitrogen functional groups attached to an aromatic ring is 1. The Morgan fingerprint density at radius 2 is 2.39 bits per heavy atom. The Morgan fingerprint density at radius 1 is 1.61 bits per heavy atom. The molecule has 0 aliphatic carbocycles. The zero-order valence-corrected chi connectivity index (χ0v) is 12.5. The molecule has 2 aromatic rings. The number of aliphatic carboxylic acids is 1. The number of ether oxygens (including phenoxy) is 2. The van der Waals surface area contributed by atoms with Crippen LogP contribution in [-0.4, -0.2) is 56.1 Å². The minimum absolute atomic E-state index is 0.0201. The smallest absolute Gasteiger partial charge is 0.329 e. The van der Waals surface area contributed by atoms with Crippen molar-refractivity contribution in [1.82, 2.24) is 19.5 Å². The lowest BCUT2D eigenvalue weighted by atomic mass is 10.2. The fourth-order valence-electron chi connectivity index (χ4n) is 2.43. The zero-order chi connectivity index (χ0) is 16.6. The molecule has 23 heavy (non-hydrogen) atoms. The summed E-state index contributed by atoms with van der Waals surface area (Å²) >= 11 is 5.77. The molecule has 1 aliphatic heterocycles. The van der Waals surface area contributed by atoms with Crippen molar-refractivity contribution < 1.29 is 23.8 Å². The van der Waals surface area contributed by atoms with Gasteiger partial charge in [-0.05, 0) is 11.6 Å². The van der Waals surface area contributed by atoms with Crippen molar-refractivity contribution >= 4 is 34.6 Å². The number of aromatic nitrogens is 4. The normalized spacial score (nSPS) is 24.3. The lowest BCUT2D eigenvalue weighted by molar-refractivity contribution is -0.144. The summed E-state index contributed by atoms with van der Waals surface area (Å²) < 4.78 is 26.2. The number of carbonyl (C=O) groups is 1. The number of alkyl halides is 1. The molecule has 3 atom stereocenters. The van der Waals surface area contributed by atoms with Gasteiger partial charge in [0, 0.05) is 6.42 Å². The van der Waals surface area contributed by atoms with Crippen molar-refractivity contribution in [3.8, 4) is 0 Å². The first-order valence-corrected chi connectivity index (χ1v) is 7.08. The molecule has 3 heterocycles. The third-order valence-electron chi connectivity index (χ3n) is 3.35. The van der Waals surface area contributed by atoms with Crippen molar-refractivity contribution in [2.45, 2.75) is 24.9 Å². The summed E-state index contributed by atoms with van der Waals surface area (Å²) in [7, 11) is 0. The molecule has 1 aliphatic rings. The molecule has 1 saturated heterocycles. The Hall–Kier alpha value is -2.04. The van der Waals surface area contributed by atoms with Crippen molar-refractivity contribution in [3.05, 3.63) is 11.6 Å². The third kappa shape index (κ3) is 3.19. The highest BCUT2D eigenvalue weighted by Gasteiger charge is 2.38. The van der Waals surface area contributed by atoms with Crippen LogP contribution in [0, 0.1) is 0 Å². The van der Waals surface area contributed by atoms with E-state index in [1.54, 1.807) is 0 Å². The maximum Gasteiger partial charge on any atom is 0.329 e. The SMILES string of the molecule is Nc1nc(Cl)nc2c1ncn2[C@@H]1O[C@H](COCC(=O)O)C[C@@H]1F. The predicted molar refractivity (Wildman–Crippen MR) is 76.6 cm³/mol. The maximum atomic E-state index is 14.3. The zero-order valence-electron chi connectivity index (χ0n) is 11.7. The molecule has 3 N–H and O–H groups in total. The van der Waals surface area contributed by atoms with Crippen LogP contribution in [0.2, 0.25) is 5.28 Å². The Balaban J connectivity index is 1.78. The molecule has 2 aromatic heterocycles. The molecule has 9 nitrogen and oxygen atoms in total. The van der Waals surface area contributed by atoms with E-state index in [0.717, 1.165) is 0 Å². The summed E-state index contributed by atoms with van der Waals surface area (Å²) in [6.45, 7) is -0.484. The average molecular weight is 346 g/mol. The van der Waals surface area contributed by atoms with Gasteiger partial charge < -0.3 is 20.3 Å². The van der Waals surface area contributed by atoms with Crippen LogP contribution in [0.15, 0.2) is 6.33 Å². The van der Waals surface area contributed by atoms with Gasteiger partial charge in [0.1, 0.15) is 18.3 Å². The van der Waals surface area contributed by atoms with Crippen molar-refractivity contribution in [2.75, 3.05) is 18.9 Å². The van der Waals surface area contributed by atoms with Gasteiger partial charge in [-0.25, -0.2) is 14.2 Å². The molecule has 1 fully saturated rings. The van der Waals surface area contributed by atoms with Crippen LogP contribution in [0.25, 0.3) is 11.2 Å². The van der Waals surface area contributed by atoms with E-state index >= 15 is 0 Å². The summed E-state index contributed by atoms with van der Waals surface area (Å²) in [6, 6.07) is 0. The van der Waals surface area contributed by atoms with Gasteiger partial charge in [-0.2, -0.15) is 9.97 Å². The minimum atomic E-state index is -1.33. The first kappa shape index (κ1) is 15.8. The minimum Gasteiger partial charge on any atom is -0.480 e. The van der Waals surface area contributed by atoms with Crippen LogP contribution in [0.3, 0.4) is 0 Å². The largest absolute Gasteiger partial charge is 0.480 e. The lowest BCUT2D eigenvalue weighted by Crippen LogP contribution is -2.19. The van der Waals surface area contributed by atoms with E-state index < -0.39 is 31.1 Å². The predicted octanol–water partition coefficient (Wildman–Crippen LogP) is 0.789. The molecule has 0 spiro atoms. The van der Waals surface area contributed by atoms with Gasteiger partial charge in [-0.1, -0.05) is 0 Å². The molecule has 0 bridgehead atoms. The van der Waals surface area contributed by atoms with Crippen LogP contribution in [-0.2, 0) is 14.3 Å². The number of nitrogens with two attached hydrogens (primary N) is 1. The number of carboxylic acid groups (broad SMARTS) is 1. The van der Waals surface area contributed by atoms with E-state index in [9.17, 15) is 9.18 Å². The molecule has 0 amide bonds. The number of imidazole rings is 1. The van der Waals surface area contributed by atoms with Crippen molar-refractivity contribution in [2.24, 2.45) is 0 Å². The van der Waals surface area contributed by atoms with Crippen molar-refractivity contribution in [1.29, 1.82) is 0 Å². The fourth-order valence-corrected chi connectivity index (χ4v) is 2.60. The van der Waals surface area contributed by atoms with Crippen LogP contribution in [0.4, 0.5) is 10.2 Å². The molecule has 3 rings (SSSR count). The Labute approximate surface area is 134 Å². The molecule has 0 saturated carbocycles. The van der Waals surface area contributed by atoms with E-state index in [1.807, 2.05) is 0 Å². The number of carboxylic acids is 1. The second-order valence-corrected chi connectivity index (χ2v) is 5.35. The van der Waals surface area contributed by atoms with Gasteiger partial charge in [0.25, 0.3) is 0 Å². The van der Waals surface area contributed by atoms with Crippen LogP contribution >= 0.6 is 11.6 Å². The maximum absolute atomic E-state index is 14.3. The Kier molecular flexibility index (Phi) is 4.28. The lowest BCUT2D eigenvalue weighted by Gasteiger charge is -2.16. The molecule has 0 aromatic carbocycles. The van der Waals surface area contributed by atoms with Gasteiger partial charge in [-0.15, -0.1) is 0 Å². The highest BCUT2D eigenvalue weighted by molar-refractivity contribution is 6.28. The number of halogens is 2. The number of hydrogen-bond donors (Lipinski definition) is 2. The summed E-state index contributed by atoms with van der Waals surface area (Å²) in [6.07, 6.45) is -1.45. The molecule has 0 radical (unpaired) electrons. The van der Waals surface area contributed by atoms with Crippen LogP contribution in [0.5, 0.6) is 0 Å². The van der Waals surface area contributed by atoms with E-state index in [4.69, 9.17) is 31.9 Å². The molecule has 11 heteroatoms. The van der Waals surface area contributed by atoms with Gasteiger partial charge in [-0.3, -0.25) is 4.57 Å². The first-order chi connectivity index (χ1) is 11.0. The summed E-state index contributed by atoms with van der Waals surface area (Å²) in [4.78, 5) is 22.2. The van der Waals surface area contributed by atoms with Gasteiger partial charge in [0.2, 0.25) is 5.28 Å². The summed E-state index contributed by atoms with van der Waals surface area (Å²) in [5.74, 6) is -1.01. The highest BCUT2D eigenvalue weighted by Crippen LogP contribution is 2.34. The number of anilines is 1. The monoisotopic (exact) mass is 345 g/mol.